The average Bonchev–Trinajstić information content (AvgIpc) is 1.86. The van der Waals surface area contributed by atoms with Crippen molar-refractivity contribution in [2.75, 3.05) is 7.11 Å². The van der Waals surface area contributed by atoms with Gasteiger partial charge >= 0.3 is 5.97 Å². The van der Waals surface area contributed by atoms with Crippen molar-refractivity contribution in [1.82, 2.24) is 0 Å². The number of nitrogens with two attached hydrogens (primary N) is 1. The first-order valence-electron chi connectivity index (χ1n) is 2.85. The molecule has 0 radical (unpaired) electrons. The number of aldehydes is 1. The molecule has 0 heterocycles. The van der Waals surface area contributed by atoms with Gasteiger partial charge in [0.15, 0.2) is 0 Å². The summed E-state index contributed by atoms with van der Waals surface area (Å²) in [6, 6.07) is 0. The number of hydrogen-bond acceptors (Lipinski definition) is 4. The molecule has 0 saturated heterocycles. The topological polar surface area (TPSA) is 69.4 Å². The van der Waals surface area contributed by atoms with Crippen LogP contribution in [0.3, 0.4) is 0 Å². The molecule has 0 aromatic rings. The van der Waals surface area contributed by atoms with Crippen molar-refractivity contribution in [3.05, 3.63) is 0 Å². The molecule has 4 nitrogen and oxygen atoms in total. The molecule has 0 amide bonds. The Morgan fingerprint density at radius 2 is 2.30 bits per heavy atom. The number of hydrogen-bond donors (Lipinski definition) is 1. The van der Waals surface area contributed by atoms with Gasteiger partial charge < -0.3 is 15.3 Å². The van der Waals surface area contributed by atoms with Crippen molar-refractivity contribution in [1.29, 1.82) is 0 Å². The Labute approximate surface area is 59.3 Å². The van der Waals surface area contributed by atoms with Crippen LogP contribution in [0.1, 0.15) is 13.3 Å². The van der Waals surface area contributed by atoms with Crippen molar-refractivity contribution >= 4 is 12.3 Å². The van der Waals surface area contributed by atoms with E-state index in [9.17, 15) is 9.59 Å². The summed E-state index contributed by atoms with van der Waals surface area (Å²) < 4.78 is 4.34. The number of carbonyl (C=O) groups excluding carboxylic acids is 2. The van der Waals surface area contributed by atoms with E-state index in [0.717, 1.165) is 0 Å². The SMILES string of the molecule is COC(=O)[C@](C)(N)CC=O. The van der Waals surface area contributed by atoms with E-state index in [2.05, 4.69) is 4.74 Å². The lowest BCUT2D eigenvalue weighted by molar-refractivity contribution is -0.147. The molecule has 0 aliphatic carbocycles. The lowest BCUT2D eigenvalue weighted by Crippen LogP contribution is -2.45. The highest BCUT2D eigenvalue weighted by molar-refractivity contribution is 5.82. The predicted octanol–water partition coefficient (Wildman–Crippen LogP) is -0.534. The zero-order chi connectivity index (χ0) is 8.20. The Hall–Kier alpha value is -0.900. The van der Waals surface area contributed by atoms with E-state index in [1.807, 2.05) is 0 Å². The summed E-state index contributed by atoms with van der Waals surface area (Å²) in [7, 11) is 1.23. The van der Waals surface area contributed by atoms with Gasteiger partial charge in [-0.15, -0.1) is 0 Å². The van der Waals surface area contributed by atoms with E-state index in [4.69, 9.17) is 5.73 Å². The van der Waals surface area contributed by atoms with Crippen LogP contribution in [-0.2, 0) is 14.3 Å². The molecule has 4 heteroatoms. The second-order valence-electron chi connectivity index (χ2n) is 2.28. The van der Waals surface area contributed by atoms with Crippen molar-refractivity contribution in [3.8, 4) is 0 Å². The third-order valence-electron chi connectivity index (χ3n) is 1.16. The van der Waals surface area contributed by atoms with E-state index >= 15 is 0 Å². The molecule has 0 aliphatic heterocycles. The van der Waals surface area contributed by atoms with Crippen LogP contribution in [-0.4, -0.2) is 24.9 Å². The number of rotatable bonds is 3. The van der Waals surface area contributed by atoms with Gasteiger partial charge in [-0.25, -0.2) is 0 Å². The molecule has 2 N–H and O–H groups in total. The molecular formula is C6H11NO3. The quantitative estimate of drug-likeness (QED) is 0.428. The van der Waals surface area contributed by atoms with Gasteiger partial charge in [-0.3, -0.25) is 4.79 Å². The maximum Gasteiger partial charge on any atom is 0.325 e. The van der Waals surface area contributed by atoms with Gasteiger partial charge in [0.25, 0.3) is 0 Å². The third-order valence-corrected chi connectivity index (χ3v) is 1.16. The van der Waals surface area contributed by atoms with Crippen LogP contribution in [0.5, 0.6) is 0 Å². The lowest BCUT2D eigenvalue weighted by Gasteiger charge is -2.17. The summed E-state index contributed by atoms with van der Waals surface area (Å²) in [4.78, 5) is 20.7. The van der Waals surface area contributed by atoms with Crippen LogP contribution in [0.25, 0.3) is 0 Å². The van der Waals surface area contributed by atoms with Crippen LogP contribution in [0.2, 0.25) is 0 Å². The van der Waals surface area contributed by atoms with Crippen LogP contribution in [0, 0.1) is 0 Å². The lowest BCUT2D eigenvalue weighted by atomic mass is 10.0. The predicted molar refractivity (Wildman–Crippen MR) is 35.3 cm³/mol. The first-order chi connectivity index (χ1) is 4.54. The Morgan fingerprint density at radius 1 is 1.80 bits per heavy atom. The summed E-state index contributed by atoms with van der Waals surface area (Å²) >= 11 is 0. The Morgan fingerprint density at radius 3 is 2.60 bits per heavy atom. The molecular weight excluding hydrogens is 134 g/mol. The van der Waals surface area contributed by atoms with Gasteiger partial charge in [0.05, 0.1) is 7.11 Å². The van der Waals surface area contributed by atoms with Crippen LogP contribution < -0.4 is 5.73 Å². The first-order valence-corrected chi connectivity index (χ1v) is 2.85. The number of esters is 1. The zero-order valence-corrected chi connectivity index (χ0v) is 6.09. The van der Waals surface area contributed by atoms with E-state index in [1.165, 1.54) is 14.0 Å². The molecule has 0 rings (SSSR count). The van der Waals surface area contributed by atoms with Gasteiger partial charge in [-0.2, -0.15) is 0 Å². The minimum atomic E-state index is -1.17. The monoisotopic (exact) mass is 145 g/mol. The summed E-state index contributed by atoms with van der Waals surface area (Å²) in [6.45, 7) is 1.45. The van der Waals surface area contributed by atoms with Gasteiger partial charge in [0.2, 0.25) is 0 Å². The van der Waals surface area contributed by atoms with Crippen molar-refractivity contribution in [3.63, 3.8) is 0 Å². The largest absolute Gasteiger partial charge is 0.468 e. The van der Waals surface area contributed by atoms with Gasteiger partial charge in [-0.05, 0) is 6.92 Å². The highest BCUT2D eigenvalue weighted by Crippen LogP contribution is 2.04. The normalized spacial score (nSPS) is 15.5. The van der Waals surface area contributed by atoms with E-state index in [0.29, 0.717) is 6.29 Å². The fourth-order valence-electron chi connectivity index (χ4n) is 0.490. The van der Waals surface area contributed by atoms with Crippen molar-refractivity contribution in [2.24, 2.45) is 5.73 Å². The fourth-order valence-corrected chi connectivity index (χ4v) is 0.490. The molecule has 0 aromatic heterocycles. The van der Waals surface area contributed by atoms with E-state index in [-0.39, 0.29) is 6.42 Å². The van der Waals surface area contributed by atoms with Crippen molar-refractivity contribution < 1.29 is 14.3 Å². The third kappa shape index (κ3) is 2.14. The van der Waals surface area contributed by atoms with Crippen LogP contribution in [0.15, 0.2) is 0 Å². The summed E-state index contributed by atoms with van der Waals surface area (Å²) in [5.41, 5.74) is 4.21. The Kier molecular flexibility index (Phi) is 3.02. The Bertz CT molecular complexity index is 142. The highest BCUT2D eigenvalue weighted by Gasteiger charge is 2.28. The van der Waals surface area contributed by atoms with E-state index < -0.39 is 11.5 Å². The standard InChI is InChI=1S/C6H11NO3/c1-6(7,3-4-8)5(9)10-2/h4H,3,7H2,1-2H3/t6-/m1/s1. The Balaban J connectivity index is 4.08. The van der Waals surface area contributed by atoms with E-state index in [1.54, 1.807) is 0 Å². The molecule has 0 aliphatic rings. The average molecular weight is 145 g/mol. The second kappa shape index (κ2) is 3.31. The smallest absolute Gasteiger partial charge is 0.325 e. The maximum atomic E-state index is 10.7. The minimum absolute atomic E-state index is 0.0142. The summed E-state index contributed by atoms with van der Waals surface area (Å²) in [6.07, 6.45) is 0.580. The number of ether oxygens (including phenoxy) is 1. The van der Waals surface area contributed by atoms with Gasteiger partial charge in [0, 0.05) is 6.42 Å². The van der Waals surface area contributed by atoms with Crippen LogP contribution in [0.4, 0.5) is 0 Å². The fraction of sp³-hybridized carbons (Fsp3) is 0.667. The molecule has 0 spiro atoms. The van der Waals surface area contributed by atoms with Crippen molar-refractivity contribution in [2.45, 2.75) is 18.9 Å². The van der Waals surface area contributed by atoms with Crippen LogP contribution >= 0.6 is 0 Å². The molecule has 0 unspecified atom stereocenters. The molecule has 0 fully saturated rings. The number of methoxy groups -OCH3 is 1. The molecule has 0 saturated carbocycles. The molecule has 10 heavy (non-hydrogen) atoms. The molecule has 1 atom stereocenters. The summed E-state index contributed by atoms with van der Waals surface area (Å²) in [5, 5.41) is 0. The van der Waals surface area contributed by atoms with Gasteiger partial charge in [0.1, 0.15) is 11.8 Å². The van der Waals surface area contributed by atoms with Gasteiger partial charge in [-0.1, -0.05) is 0 Å². The number of carbonyl (C=O) groups is 2. The zero-order valence-electron chi connectivity index (χ0n) is 6.09. The molecule has 58 valence electrons. The molecule has 0 aromatic carbocycles. The summed E-state index contributed by atoms with van der Waals surface area (Å²) in [5.74, 6) is -0.570. The second-order valence-corrected chi connectivity index (χ2v) is 2.28. The minimum Gasteiger partial charge on any atom is -0.468 e. The maximum absolute atomic E-state index is 10.7. The first kappa shape index (κ1) is 9.10. The molecule has 0 bridgehead atoms. The highest BCUT2D eigenvalue weighted by atomic mass is 16.5.